The van der Waals surface area contributed by atoms with E-state index < -0.39 is 6.04 Å². The van der Waals surface area contributed by atoms with Gasteiger partial charge in [-0.1, -0.05) is 0 Å². The van der Waals surface area contributed by atoms with E-state index in [1.807, 2.05) is 0 Å². The zero-order valence-electron chi connectivity index (χ0n) is 8.64. The average Bonchev–Trinajstić information content (AvgIpc) is 2.94. The number of carbonyl (C=O) groups excluding carboxylic acids is 1. The summed E-state index contributed by atoms with van der Waals surface area (Å²) in [5.41, 5.74) is 6.94. The van der Waals surface area contributed by atoms with Crippen molar-refractivity contribution in [2.45, 2.75) is 12.5 Å². The number of oxazole rings is 1. The molecule has 3 heterocycles. The standard InChI is InChI=1S/C10H12N4O2/c11-9(7-4-12-5-16-7)6-3-8(15)14-2-1-13-10(6)14/h4-5,9,13H,1-3,11H2. The van der Waals surface area contributed by atoms with Crippen molar-refractivity contribution in [3.05, 3.63) is 29.7 Å². The zero-order chi connectivity index (χ0) is 11.1. The molecular weight excluding hydrogens is 208 g/mol. The minimum Gasteiger partial charge on any atom is -0.446 e. The molecule has 0 aliphatic carbocycles. The summed E-state index contributed by atoms with van der Waals surface area (Å²) in [6.45, 7) is 1.51. The second kappa shape index (κ2) is 3.34. The predicted molar refractivity (Wildman–Crippen MR) is 54.8 cm³/mol. The Hall–Kier alpha value is -1.82. The van der Waals surface area contributed by atoms with Crippen LogP contribution in [0.3, 0.4) is 0 Å². The van der Waals surface area contributed by atoms with E-state index in [2.05, 4.69) is 10.3 Å². The summed E-state index contributed by atoms with van der Waals surface area (Å²) in [7, 11) is 0. The lowest BCUT2D eigenvalue weighted by Gasteiger charge is -2.11. The third kappa shape index (κ3) is 1.23. The largest absolute Gasteiger partial charge is 0.446 e. The molecule has 1 unspecified atom stereocenters. The molecule has 84 valence electrons. The Kier molecular flexibility index (Phi) is 1.97. The van der Waals surface area contributed by atoms with E-state index in [9.17, 15) is 4.79 Å². The fourth-order valence-electron chi connectivity index (χ4n) is 2.18. The highest BCUT2D eigenvalue weighted by Gasteiger charge is 2.36. The van der Waals surface area contributed by atoms with Gasteiger partial charge in [-0.25, -0.2) is 4.98 Å². The van der Waals surface area contributed by atoms with Gasteiger partial charge in [-0.3, -0.25) is 9.69 Å². The first kappa shape index (κ1) is 9.41. The van der Waals surface area contributed by atoms with E-state index in [1.54, 1.807) is 11.1 Å². The maximum Gasteiger partial charge on any atom is 0.232 e. The Morgan fingerprint density at radius 3 is 3.25 bits per heavy atom. The van der Waals surface area contributed by atoms with Crippen molar-refractivity contribution in [1.82, 2.24) is 15.2 Å². The maximum atomic E-state index is 11.7. The van der Waals surface area contributed by atoms with Gasteiger partial charge in [0.15, 0.2) is 6.39 Å². The normalized spacial score (nSPS) is 21.3. The van der Waals surface area contributed by atoms with Gasteiger partial charge in [0.25, 0.3) is 0 Å². The Labute approximate surface area is 92.1 Å². The van der Waals surface area contributed by atoms with Crippen LogP contribution in [-0.4, -0.2) is 28.9 Å². The SMILES string of the molecule is NC(C1=C2NCCN2C(=O)C1)c1cnco1. The molecule has 3 rings (SSSR count). The maximum absolute atomic E-state index is 11.7. The minimum atomic E-state index is -0.392. The quantitative estimate of drug-likeness (QED) is 0.716. The van der Waals surface area contributed by atoms with Gasteiger partial charge >= 0.3 is 0 Å². The van der Waals surface area contributed by atoms with Gasteiger partial charge in [0.05, 0.1) is 18.7 Å². The highest BCUT2D eigenvalue weighted by atomic mass is 16.3. The van der Waals surface area contributed by atoms with Gasteiger partial charge in [-0.15, -0.1) is 0 Å². The number of nitrogens with zero attached hydrogens (tertiary/aromatic N) is 2. The van der Waals surface area contributed by atoms with Crippen molar-refractivity contribution in [3.8, 4) is 0 Å². The minimum absolute atomic E-state index is 0.102. The van der Waals surface area contributed by atoms with Crippen molar-refractivity contribution in [3.63, 3.8) is 0 Å². The Morgan fingerprint density at radius 1 is 1.62 bits per heavy atom. The molecule has 0 bridgehead atoms. The number of aromatic nitrogens is 1. The van der Waals surface area contributed by atoms with Crippen LogP contribution in [0.15, 0.2) is 28.4 Å². The number of amides is 1. The van der Waals surface area contributed by atoms with Gasteiger partial charge in [0.1, 0.15) is 11.6 Å². The Morgan fingerprint density at radius 2 is 2.50 bits per heavy atom. The molecule has 1 atom stereocenters. The van der Waals surface area contributed by atoms with Crippen molar-refractivity contribution in [2.75, 3.05) is 13.1 Å². The topological polar surface area (TPSA) is 84.4 Å². The van der Waals surface area contributed by atoms with Crippen LogP contribution in [0.1, 0.15) is 18.2 Å². The fourth-order valence-corrected chi connectivity index (χ4v) is 2.18. The summed E-state index contributed by atoms with van der Waals surface area (Å²) in [5, 5.41) is 3.18. The van der Waals surface area contributed by atoms with Gasteiger partial charge in [0.2, 0.25) is 5.91 Å². The number of hydrogen-bond acceptors (Lipinski definition) is 5. The molecule has 1 fully saturated rings. The van der Waals surface area contributed by atoms with Gasteiger partial charge < -0.3 is 15.5 Å². The molecule has 0 radical (unpaired) electrons. The van der Waals surface area contributed by atoms with E-state index in [0.717, 1.165) is 24.5 Å². The third-order valence-electron chi connectivity index (χ3n) is 2.98. The molecule has 0 saturated carbocycles. The predicted octanol–water partition coefficient (Wildman–Crippen LogP) is -0.278. The molecule has 0 spiro atoms. The molecule has 2 aliphatic heterocycles. The molecule has 6 heteroatoms. The lowest BCUT2D eigenvalue weighted by atomic mass is 10.0. The molecule has 6 nitrogen and oxygen atoms in total. The average molecular weight is 220 g/mol. The molecule has 1 amide bonds. The highest BCUT2D eigenvalue weighted by molar-refractivity contribution is 5.85. The van der Waals surface area contributed by atoms with Crippen molar-refractivity contribution in [2.24, 2.45) is 5.73 Å². The number of hydrogen-bond donors (Lipinski definition) is 2. The number of carbonyl (C=O) groups is 1. The number of fused-ring (bicyclic) bond motifs is 1. The summed E-state index contributed by atoms with van der Waals surface area (Å²) < 4.78 is 5.16. The monoisotopic (exact) mass is 220 g/mol. The number of nitrogens with two attached hydrogens (primary N) is 1. The number of rotatable bonds is 2. The van der Waals surface area contributed by atoms with E-state index in [1.165, 1.54) is 6.39 Å². The molecule has 1 saturated heterocycles. The first-order valence-electron chi connectivity index (χ1n) is 5.18. The molecule has 1 aromatic rings. The van der Waals surface area contributed by atoms with Crippen LogP contribution in [0.5, 0.6) is 0 Å². The van der Waals surface area contributed by atoms with E-state index >= 15 is 0 Å². The lowest BCUT2D eigenvalue weighted by Crippen LogP contribution is -2.21. The summed E-state index contributed by atoms with van der Waals surface area (Å²) in [4.78, 5) is 17.3. The van der Waals surface area contributed by atoms with Gasteiger partial charge in [-0.05, 0) is 0 Å². The molecule has 0 aromatic carbocycles. The lowest BCUT2D eigenvalue weighted by molar-refractivity contribution is -0.126. The summed E-state index contributed by atoms with van der Waals surface area (Å²) in [6, 6.07) is -0.392. The van der Waals surface area contributed by atoms with Gasteiger partial charge in [0, 0.05) is 18.7 Å². The van der Waals surface area contributed by atoms with Gasteiger partial charge in [-0.2, -0.15) is 0 Å². The van der Waals surface area contributed by atoms with Crippen LogP contribution in [0.4, 0.5) is 0 Å². The first-order chi connectivity index (χ1) is 7.77. The fraction of sp³-hybridized carbons (Fsp3) is 0.400. The van der Waals surface area contributed by atoms with E-state index in [4.69, 9.17) is 10.2 Å². The Balaban J connectivity index is 1.95. The molecular formula is C10H12N4O2. The molecule has 2 aliphatic rings. The van der Waals surface area contributed by atoms with Crippen molar-refractivity contribution >= 4 is 5.91 Å². The summed E-state index contributed by atoms with van der Waals surface area (Å²) in [5.74, 6) is 1.55. The summed E-state index contributed by atoms with van der Waals surface area (Å²) >= 11 is 0. The summed E-state index contributed by atoms with van der Waals surface area (Å²) in [6.07, 6.45) is 3.29. The molecule has 3 N–H and O–H groups in total. The number of nitrogens with one attached hydrogen (secondary N) is 1. The second-order valence-corrected chi connectivity index (χ2v) is 3.90. The first-order valence-corrected chi connectivity index (χ1v) is 5.18. The van der Waals surface area contributed by atoms with Crippen LogP contribution in [0.25, 0.3) is 0 Å². The highest BCUT2D eigenvalue weighted by Crippen LogP contribution is 2.32. The van der Waals surface area contributed by atoms with Crippen molar-refractivity contribution < 1.29 is 9.21 Å². The van der Waals surface area contributed by atoms with Crippen molar-refractivity contribution in [1.29, 1.82) is 0 Å². The molecule has 1 aromatic heterocycles. The van der Waals surface area contributed by atoms with Crippen LogP contribution < -0.4 is 11.1 Å². The van der Waals surface area contributed by atoms with Crippen LogP contribution in [-0.2, 0) is 4.79 Å². The smallest absolute Gasteiger partial charge is 0.232 e. The zero-order valence-corrected chi connectivity index (χ0v) is 8.64. The van der Waals surface area contributed by atoms with E-state index in [-0.39, 0.29) is 5.91 Å². The second-order valence-electron chi connectivity index (χ2n) is 3.90. The van der Waals surface area contributed by atoms with Crippen LogP contribution in [0, 0.1) is 0 Å². The van der Waals surface area contributed by atoms with Crippen LogP contribution >= 0.6 is 0 Å². The molecule has 16 heavy (non-hydrogen) atoms. The van der Waals surface area contributed by atoms with E-state index in [0.29, 0.717) is 12.2 Å². The van der Waals surface area contributed by atoms with Crippen LogP contribution in [0.2, 0.25) is 0 Å². The Bertz CT molecular complexity index is 451. The third-order valence-corrected chi connectivity index (χ3v) is 2.98.